The van der Waals surface area contributed by atoms with Gasteiger partial charge in [0.05, 0.1) is 11.3 Å². The van der Waals surface area contributed by atoms with Crippen LogP contribution in [-0.2, 0) is 6.18 Å². The van der Waals surface area contributed by atoms with E-state index in [4.69, 9.17) is 11.5 Å². The molecule has 0 aliphatic rings. The lowest BCUT2D eigenvalue weighted by Gasteiger charge is -2.13. The number of nitrogens with zero attached hydrogens (tertiary/aromatic N) is 1. The number of nitrogen functional groups attached to an aromatic ring is 2. The van der Waals surface area contributed by atoms with Crippen LogP contribution in [0.1, 0.15) is 17.7 Å². The zero-order valence-electron chi connectivity index (χ0n) is 7.15. The van der Waals surface area contributed by atoms with E-state index in [0.29, 0.717) is 6.07 Å². The Kier molecular flexibility index (Phi) is 2.69. The molecule has 1 aromatic heterocycles. The van der Waals surface area contributed by atoms with Gasteiger partial charge in [0.2, 0.25) is 0 Å². The van der Waals surface area contributed by atoms with Crippen LogP contribution in [0.4, 0.5) is 33.5 Å². The van der Waals surface area contributed by atoms with Crippen LogP contribution in [0.3, 0.4) is 0 Å². The van der Waals surface area contributed by atoms with Gasteiger partial charge in [0.1, 0.15) is 11.5 Å². The Bertz CT molecular complexity index is 374. The van der Waals surface area contributed by atoms with E-state index in [9.17, 15) is 22.0 Å². The van der Waals surface area contributed by atoms with E-state index < -0.39 is 35.4 Å². The number of alkyl halides is 5. The summed E-state index contributed by atoms with van der Waals surface area (Å²) in [5, 5.41) is 0. The number of aromatic nitrogens is 1. The Labute approximate surface area is 80.9 Å². The maximum absolute atomic E-state index is 12.3. The first-order valence-electron chi connectivity index (χ1n) is 3.64. The van der Waals surface area contributed by atoms with Crippen molar-refractivity contribution in [3.05, 3.63) is 17.3 Å². The zero-order valence-corrected chi connectivity index (χ0v) is 7.15. The third kappa shape index (κ3) is 2.25. The lowest BCUT2D eigenvalue weighted by molar-refractivity contribution is -0.139. The first-order valence-corrected chi connectivity index (χ1v) is 3.64. The fourth-order valence-electron chi connectivity index (χ4n) is 0.951. The third-order valence-corrected chi connectivity index (χ3v) is 1.62. The molecule has 0 spiro atoms. The van der Waals surface area contributed by atoms with Gasteiger partial charge in [-0.25, -0.2) is 13.8 Å². The minimum absolute atomic E-state index is 0.351. The van der Waals surface area contributed by atoms with Gasteiger partial charge in [-0.3, -0.25) is 0 Å². The molecule has 4 N–H and O–H groups in total. The van der Waals surface area contributed by atoms with Crippen LogP contribution in [-0.4, -0.2) is 4.98 Å². The average molecular weight is 227 g/mol. The molecule has 0 saturated heterocycles. The maximum atomic E-state index is 12.3. The Hall–Kier alpha value is -1.60. The van der Waals surface area contributed by atoms with Crippen molar-refractivity contribution in [2.24, 2.45) is 0 Å². The molecular formula is C7H6F5N3. The summed E-state index contributed by atoms with van der Waals surface area (Å²) in [5.74, 6) is -0.543. The van der Waals surface area contributed by atoms with Gasteiger partial charge < -0.3 is 11.5 Å². The van der Waals surface area contributed by atoms with E-state index in [1.54, 1.807) is 0 Å². The van der Waals surface area contributed by atoms with Crippen LogP contribution in [0.15, 0.2) is 6.07 Å². The summed E-state index contributed by atoms with van der Waals surface area (Å²) in [4.78, 5) is 2.92. The topological polar surface area (TPSA) is 64.9 Å². The van der Waals surface area contributed by atoms with Crippen molar-refractivity contribution in [3.8, 4) is 0 Å². The van der Waals surface area contributed by atoms with Crippen molar-refractivity contribution in [1.82, 2.24) is 4.98 Å². The van der Waals surface area contributed by atoms with E-state index >= 15 is 0 Å². The lowest BCUT2D eigenvalue weighted by Crippen LogP contribution is -2.14. The van der Waals surface area contributed by atoms with E-state index in [2.05, 4.69) is 4.98 Å². The van der Waals surface area contributed by atoms with Crippen LogP contribution in [0.25, 0.3) is 0 Å². The highest BCUT2D eigenvalue weighted by Crippen LogP contribution is 2.37. The van der Waals surface area contributed by atoms with Crippen LogP contribution >= 0.6 is 0 Å². The summed E-state index contributed by atoms with van der Waals surface area (Å²) in [7, 11) is 0. The minimum atomic E-state index is -4.93. The van der Waals surface area contributed by atoms with E-state index in [1.807, 2.05) is 0 Å². The van der Waals surface area contributed by atoms with Gasteiger partial charge in [-0.1, -0.05) is 0 Å². The molecule has 0 aliphatic carbocycles. The van der Waals surface area contributed by atoms with Crippen molar-refractivity contribution in [3.63, 3.8) is 0 Å². The molecule has 1 aromatic rings. The summed E-state index contributed by atoms with van der Waals surface area (Å²) < 4.78 is 61.2. The van der Waals surface area contributed by atoms with Gasteiger partial charge in [-0.05, 0) is 6.07 Å². The standard InChI is InChI=1S/C7H6F5N3/c8-5(9)4-2(7(10,11)12)1-3(13)6(14)15-4/h1,5H,13H2,(H2,14,15). The monoisotopic (exact) mass is 227 g/mol. The van der Waals surface area contributed by atoms with Gasteiger partial charge in [-0.2, -0.15) is 13.2 Å². The molecule has 1 rings (SSSR count). The number of hydrogen-bond acceptors (Lipinski definition) is 3. The number of hydrogen-bond donors (Lipinski definition) is 2. The summed E-state index contributed by atoms with van der Waals surface area (Å²) >= 11 is 0. The van der Waals surface area contributed by atoms with Gasteiger partial charge in [0.15, 0.2) is 0 Å². The van der Waals surface area contributed by atoms with Crippen LogP contribution in [0.5, 0.6) is 0 Å². The summed E-state index contributed by atoms with van der Waals surface area (Å²) in [6.07, 6.45) is -8.29. The van der Waals surface area contributed by atoms with Crippen molar-refractivity contribution < 1.29 is 22.0 Å². The first-order chi connectivity index (χ1) is 6.73. The Balaban J connectivity index is 3.42. The largest absolute Gasteiger partial charge is 0.418 e. The van der Waals surface area contributed by atoms with Crippen molar-refractivity contribution in [1.29, 1.82) is 0 Å². The number of halogens is 5. The number of nitrogens with two attached hydrogens (primary N) is 2. The first kappa shape index (κ1) is 11.5. The highest BCUT2D eigenvalue weighted by atomic mass is 19.4. The predicted octanol–water partition coefficient (Wildman–Crippen LogP) is 2.20. The third-order valence-electron chi connectivity index (χ3n) is 1.62. The van der Waals surface area contributed by atoms with E-state index in [-0.39, 0.29) is 0 Å². The maximum Gasteiger partial charge on any atom is 0.418 e. The normalized spacial score (nSPS) is 12.1. The molecule has 8 heteroatoms. The highest BCUT2D eigenvalue weighted by molar-refractivity contribution is 5.60. The van der Waals surface area contributed by atoms with Crippen LogP contribution < -0.4 is 11.5 Å². The molecule has 0 atom stereocenters. The fourth-order valence-corrected chi connectivity index (χ4v) is 0.951. The molecule has 0 radical (unpaired) electrons. The Morgan fingerprint density at radius 3 is 2.13 bits per heavy atom. The number of anilines is 2. The molecule has 15 heavy (non-hydrogen) atoms. The predicted molar refractivity (Wildman–Crippen MR) is 43.0 cm³/mol. The van der Waals surface area contributed by atoms with Gasteiger partial charge in [0.25, 0.3) is 6.43 Å². The second-order valence-electron chi connectivity index (χ2n) is 2.69. The minimum Gasteiger partial charge on any atom is -0.396 e. The number of pyridine rings is 1. The van der Waals surface area contributed by atoms with Gasteiger partial charge >= 0.3 is 6.18 Å². The average Bonchev–Trinajstić information content (AvgIpc) is 2.06. The molecule has 0 bridgehead atoms. The molecule has 3 nitrogen and oxygen atoms in total. The molecule has 0 unspecified atom stereocenters. The number of rotatable bonds is 1. The van der Waals surface area contributed by atoms with Gasteiger partial charge in [-0.15, -0.1) is 0 Å². The zero-order chi connectivity index (χ0) is 11.8. The highest BCUT2D eigenvalue weighted by Gasteiger charge is 2.37. The molecule has 1 heterocycles. The van der Waals surface area contributed by atoms with E-state index in [0.717, 1.165) is 0 Å². The van der Waals surface area contributed by atoms with Crippen molar-refractivity contribution in [2.45, 2.75) is 12.6 Å². The Morgan fingerprint density at radius 1 is 1.20 bits per heavy atom. The smallest absolute Gasteiger partial charge is 0.396 e. The summed E-state index contributed by atoms with van der Waals surface area (Å²) in [6.45, 7) is 0. The second kappa shape index (κ2) is 3.52. The SMILES string of the molecule is Nc1cc(C(F)(F)F)c(C(F)F)nc1N. The summed E-state index contributed by atoms with van der Waals surface area (Å²) in [6, 6.07) is 0.351. The molecular weight excluding hydrogens is 221 g/mol. The molecule has 84 valence electrons. The molecule has 0 amide bonds. The van der Waals surface area contributed by atoms with Gasteiger partial charge in [0, 0.05) is 0 Å². The molecule has 0 aromatic carbocycles. The molecule has 0 saturated carbocycles. The van der Waals surface area contributed by atoms with Crippen LogP contribution in [0, 0.1) is 0 Å². The Morgan fingerprint density at radius 2 is 1.73 bits per heavy atom. The fraction of sp³-hybridized carbons (Fsp3) is 0.286. The lowest BCUT2D eigenvalue weighted by atomic mass is 10.1. The molecule has 0 aliphatic heterocycles. The second-order valence-corrected chi connectivity index (χ2v) is 2.69. The van der Waals surface area contributed by atoms with Crippen LogP contribution in [0.2, 0.25) is 0 Å². The molecule has 0 fully saturated rings. The van der Waals surface area contributed by atoms with E-state index in [1.165, 1.54) is 0 Å². The summed E-state index contributed by atoms with van der Waals surface area (Å²) in [5.41, 5.74) is 6.63. The quantitative estimate of drug-likeness (QED) is 0.723. The van der Waals surface area contributed by atoms with Crippen molar-refractivity contribution >= 4 is 11.5 Å². The van der Waals surface area contributed by atoms with Crippen molar-refractivity contribution in [2.75, 3.05) is 11.5 Å².